The topological polar surface area (TPSA) is 20.2 Å². The van der Waals surface area contributed by atoms with Crippen molar-refractivity contribution in [2.24, 2.45) is 11.8 Å². The lowest BCUT2D eigenvalue weighted by atomic mass is 9.95. The minimum atomic E-state index is -0.309. The van der Waals surface area contributed by atoms with E-state index in [9.17, 15) is 5.11 Å². The molecular weight excluding hydrogens is 316 g/mol. The summed E-state index contributed by atoms with van der Waals surface area (Å²) < 4.78 is 0. The Hall–Kier alpha value is -1.60. The van der Waals surface area contributed by atoms with Gasteiger partial charge in [-0.1, -0.05) is 123 Å². The standard InChI is InChI=1S/C11H16O.C11H16.3CH4/c1-3-9(2)11(12)10-7-5-4-6-8-10;1-3-10(2)9-11-7-5-4-6-8-11;;;/h4-9,11-12H,3H2,1-2H3;4-8,10H,3,9H2,1-2H3;3*1H4/t9-,11+;10-;;;/m11.../s1. The zero-order valence-electron chi connectivity index (χ0n) is 15.1. The zero-order valence-corrected chi connectivity index (χ0v) is 15.1. The first-order valence-corrected chi connectivity index (χ1v) is 8.85. The maximum absolute atomic E-state index is 9.79. The fourth-order valence-electron chi connectivity index (χ4n) is 2.36. The first kappa shape index (κ1) is 29.2. The van der Waals surface area contributed by atoms with Gasteiger partial charge in [-0.3, -0.25) is 0 Å². The molecule has 2 rings (SSSR count). The van der Waals surface area contributed by atoms with Crippen molar-refractivity contribution in [2.75, 3.05) is 0 Å². The van der Waals surface area contributed by atoms with Crippen molar-refractivity contribution in [1.29, 1.82) is 0 Å². The molecule has 0 bridgehead atoms. The highest BCUT2D eigenvalue weighted by molar-refractivity contribution is 5.17. The van der Waals surface area contributed by atoms with Gasteiger partial charge in [-0.25, -0.2) is 0 Å². The minimum absolute atomic E-state index is 0. The lowest BCUT2D eigenvalue weighted by Crippen LogP contribution is -2.07. The van der Waals surface area contributed by atoms with E-state index in [1.807, 2.05) is 30.3 Å². The highest BCUT2D eigenvalue weighted by atomic mass is 16.3. The number of hydrogen-bond acceptors (Lipinski definition) is 1. The molecule has 3 atom stereocenters. The predicted octanol–water partition coefficient (Wildman–Crippen LogP) is 7.95. The summed E-state index contributed by atoms with van der Waals surface area (Å²) in [5.41, 5.74) is 2.48. The Morgan fingerprint density at radius 2 is 1.19 bits per heavy atom. The molecule has 1 heteroatoms. The van der Waals surface area contributed by atoms with Gasteiger partial charge in [0, 0.05) is 0 Å². The number of benzene rings is 2. The van der Waals surface area contributed by atoms with Crippen LogP contribution in [0.5, 0.6) is 0 Å². The molecule has 150 valence electrons. The van der Waals surface area contributed by atoms with Crippen LogP contribution in [0.2, 0.25) is 0 Å². The summed E-state index contributed by atoms with van der Waals surface area (Å²) in [6.45, 7) is 8.70. The van der Waals surface area contributed by atoms with Gasteiger partial charge in [0.05, 0.1) is 6.10 Å². The van der Waals surface area contributed by atoms with Crippen LogP contribution in [0.25, 0.3) is 0 Å². The van der Waals surface area contributed by atoms with Gasteiger partial charge in [0.15, 0.2) is 0 Å². The molecule has 0 aliphatic heterocycles. The van der Waals surface area contributed by atoms with Gasteiger partial charge in [-0.15, -0.1) is 0 Å². The fourth-order valence-corrected chi connectivity index (χ4v) is 2.36. The zero-order chi connectivity index (χ0) is 17.1. The molecule has 0 radical (unpaired) electrons. The molecule has 0 aromatic heterocycles. The highest BCUT2D eigenvalue weighted by Gasteiger charge is 2.13. The van der Waals surface area contributed by atoms with Crippen molar-refractivity contribution in [1.82, 2.24) is 0 Å². The number of hydrogen-bond donors (Lipinski definition) is 1. The average molecular weight is 361 g/mol. The van der Waals surface area contributed by atoms with Crippen LogP contribution in [-0.4, -0.2) is 5.11 Å². The second-order valence-electron chi connectivity index (χ2n) is 6.44. The molecule has 0 saturated heterocycles. The average Bonchev–Trinajstić information content (AvgIpc) is 2.62. The predicted molar refractivity (Wildman–Crippen MR) is 121 cm³/mol. The molecule has 0 amide bonds. The molecule has 26 heavy (non-hydrogen) atoms. The van der Waals surface area contributed by atoms with Gasteiger partial charge in [0.2, 0.25) is 0 Å². The quantitative estimate of drug-likeness (QED) is 0.554. The van der Waals surface area contributed by atoms with E-state index >= 15 is 0 Å². The van der Waals surface area contributed by atoms with Crippen LogP contribution in [-0.2, 0) is 6.42 Å². The lowest BCUT2D eigenvalue weighted by molar-refractivity contribution is 0.115. The summed E-state index contributed by atoms with van der Waals surface area (Å²) in [7, 11) is 0. The Balaban J connectivity index is -0.000000366. The maximum Gasteiger partial charge on any atom is 0.0815 e. The number of aliphatic hydroxyl groups is 1. The summed E-state index contributed by atoms with van der Waals surface area (Å²) in [6, 6.07) is 20.5. The van der Waals surface area contributed by atoms with Crippen molar-refractivity contribution >= 4 is 0 Å². The van der Waals surface area contributed by atoms with Crippen LogP contribution in [0.15, 0.2) is 60.7 Å². The second-order valence-corrected chi connectivity index (χ2v) is 6.44. The van der Waals surface area contributed by atoms with Gasteiger partial charge < -0.3 is 5.11 Å². The third-order valence-electron chi connectivity index (χ3n) is 4.45. The van der Waals surface area contributed by atoms with E-state index < -0.39 is 0 Å². The first-order chi connectivity index (χ1) is 11.1. The third kappa shape index (κ3) is 11.1. The van der Waals surface area contributed by atoms with Crippen LogP contribution < -0.4 is 0 Å². The van der Waals surface area contributed by atoms with E-state index in [1.165, 1.54) is 18.4 Å². The van der Waals surface area contributed by atoms with Crippen molar-refractivity contribution in [3.05, 3.63) is 71.8 Å². The molecule has 0 saturated carbocycles. The maximum atomic E-state index is 9.79. The molecule has 0 spiro atoms. The Labute approximate surface area is 164 Å². The van der Waals surface area contributed by atoms with E-state index in [2.05, 4.69) is 58.0 Å². The molecule has 0 aliphatic rings. The summed E-state index contributed by atoms with van der Waals surface area (Å²) in [4.78, 5) is 0. The van der Waals surface area contributed by atoms with Crippen LogP contribution in [0, 0.1) is 11.8 Å². The molecule has 0 heterocycles. The van der Waals surface area contributed by atoms with Gasteiger partial charge in [-0.05, 0) is 29.4 Å². The third-order valence-corrected chi connectivity index (χ3v) is 4.45. The summed E-state index contributed by atoms with van der Waals surface area (Å²) in [5.74, 6) is 1.16. The molecular formula is C25H44O. The monoisotopic (exact) mass is 360 g/mol. The molecule has 0 aliphatic carbocycles. The van der Waals surface area contributed by atoms with Gasteiger partial charge in [0.25, 0.3) is 0 Å². The molecule has 2 aromatic carbocycles. The summed E-state index contributed by atoms with van der Waals surface area (Å²) >= 11 is 0. The van der Waals surface area contributed by atoms with Crippen molar-refractivity contribution in [3.8, 4) is 0 Å². The molecule has 1 N–H and O–H groups in total. The van der Waals surface area contributed by atoms with Crippen LogP contribution >= 0.6 is 0 Å². The lowest BCUT2D eigenvalue weighted by Gasteiger charge is -2.16. The number of rotatable bonds is 6. The fraction of sp³-hybridized carbons (Fsp3) is 0.520. The van der Waals surface area contributed by atoms with Gasteiger partial charge in [0.1, 0.15) is 0 Å². The van der Waals surface area contributed by atoms with Crippen molar-refractivity contribution in [3.63, 3.8) is 0 Å². The largest absolute Gasteiger partial charge is 0.388 e. The van der Waals surface area contributed by atoms with E-state index in [0.717, 1.165) is 17.9 Å². The number of aliphatic hydroxyl groups excluding tert-OH is 1. The Morgan fingerprint density at radius 1 is 0.731 bits per heavy atom. The molecule has 0 fully saturated rings. The molecule has 1 nitrogen and oxygen atoms in total. The SMILES string of the molecule is C.C.C.CC[C@@H](C)Cc1ccccc1.CC[C@@H](C)[C@H](O)c1ccccc1. The smallest absolute Gasteiger partial charge is 0.0815 e. The van der Waals surface area contributed by atoms with Crippen LogP contribution in [0.1, 0.15) is 80.0 Å². The molecule has 2 aromatic rings. The normalized spacial score (nSPS) is 12.7. The first-order valence-electron chi connectivity index (χ1n) is 8.85. The van der Waals surface area contributed by atoms with Gasteiger partial charge in [-0.2, -0.15) is 0 Å². The van der Waals surface area contributed by atoms with Crippen molar-refractivity contribution in [2.45, 2.75) is 75.3 Å². The van der Waals surface area contributed by atoms with E-state index in [-0.39, 0.29) is 28.4 Å². The Bertz CT molecular complexity index is 506. The van der Waals surface area contributed by atoms with Crippen LogP contribution in [0.4, 0.5) is 0 Å². The van der Waals surface area contributed by atoms with Crippen LogP contribution in [0.3, 0.4) is 0 Å². The van der Waals surface area contributed by atoms with E-state index in [1.54, 1.807) is 0 Å². The summed E-state index contributed by atoms with van der Waals surface area (Å²) in [6.07, 6.45) is 3.19. The minimum Gasteiger partial charge on any atom is -0.388 e. The molecule has 0 unspecified atom stereocenters. The highest BCUT2D eigenvalue weighted by Crippen LogP contribution is 2.23. The van der Waals surface area contributed by atoms with E-state index in [0.29, 0.717) is 5.92 Å². The second kappa shape index (κ2) is 16.8. The van der Waals surface area contributed by atoms with E-state index in [4.69, 9.17) is 0 Å². The summed E-state index contributed by atoms with van der Waals surface area (Å²) in [5, 5.41) is 9.79. The van der Waals surface area contributed by atoms with Gasteiger partial charge >= 0.3 is 0 Å². The van der Waals surface area contributed by atoms with Crippen molar-refractivity contribution < 1.29 is 5.11 Å². The Kier molecular flexibility index (Phi) is 18.9. The Morgan fingerprint density at radius 3 is 1.62 bits per heavy atom.